The topological polar surface area (TPSA) is 55.8 Å². The van der Waals surface area contributed by atoms with E-state index in [2.05, 4.69) is 0 Å². The van der Waals surface area contributed by atoms with Gasteiger partial charge < -0.3 is 14.4 Å². The lowest BCUT2D eigenvalue weighted by Crippen LogP contribution is -2.44. The Morgan fingerprint density at radius 3 is 2.67 bits per heavy atom. The van der Waals surface area contributed by atoms with Gasteiger partial charge in [0.25, 0.3) is 5.91 Å². The van der Waals surface area contributed by atoms with Crippen molar-refractivity contribution >= 4 is 11.9 Å². The first kappa shape index (κ1) is 19.5. The van der Waals surface area contributed by atoms with Crippen molar-refractivity contribution in [2.24, 2.45) is 5.92 Å². The molecule has 1 aromatic rings. The summed E-state index contributed by atoms with van der Waals surface area (Å²) < 4.78 is 11.0. The molecule has 0 radical (unpaired) electrons. The van der Waals surface area contributed by atoms with Crippen LogP contribution in [0.3, 0.4) is 0 Å². The second kappa shape index (κ2) is 8.59. The number of hydrogen-bond donors (Lipinski definition) is 0. The Hall–Kier alpha value is -2.30. The molecule has 1 atom stereocenters. The highest BCUT2D eigenvalue weighted by Gasteiger charge is 2.36. The maximum atomic E-state index is 12.6. The number of aryl methyl sites for hydroxylation is 1. The fraction of sp³-hybridized carbons (Fsp3) is 0.545. The van der Waals surface area contributed by atoms with E-state index in [0.29, 0.717) is 24.6 Å². The summed E-state index contributed by atoms with van der Waals surface area (Å²) >= 11 is 0. The van der Waals surface area contributed by atoms with Gasteiger partial charge in [-0.25, -0.2) is 4.79 Å². The monoisotopic (exact) mass is 371 g/mol. The van der Waals surface area contributed by atoms with Gasteiger partial charge in [-0.05, 0) is 43.4 Å². The predicted molar refractivity (Wildman–Crippen MR) is 103 cm³/mol. The minimum Gasteiger partial charge on any atom is -0.467 e. The Morgan fingerprint density at radius 2 is 1.96 bits per heavy atom. The van der Waals surface area contributed by atoms with E-state index in [9.17, 15) is 9.59 Å². The highest BCUT2D eigenvalue weighted by Crippen LogP contribution is 2.31. The summed E-state index contributed by atoms with van der Waals surface area (Å²) in [5.74, 6) is 1.28. The molecule has 1 saturated carbocycles. The lowest BCUT2D eigenvalue weighted by atomic mass is 9.84. The van der Waals surface area contributed by atoms with Crippen molar-refractivity contribution in [3.8, 4) is 5.75 Å². The van der Waals surface area contributed by atoms with E-state index < -0.39 is 6.04 Å². The maximum absolute atomic E-state index is 12.6. The molecule has 1 aliphatic carbocycles. The first-order valence-electron chi connectivity index (χ1n) is 9.82. The average Bonchev–Trinajstić information content (AvgIpc) is 3.03. The van der Waals surface area contributed by atoms with Crippen LogP contribution in [0.25, 0.3) is 0 Å². The van der Waals surface area contributed by atoms with E-state index in [1.165, 1.54) is 32.4 Å². The van der Waals surface area contributed by atoms with Crippen molar-refractivity contribution in [3.63, 3.8) is 0 Å². The van der Waals surface area contributed by atoms with Gasteiger partial charge in [0, 0.05) is 6.08 Å². The van der Waals surface area contributed by atoms with E-state index in [1.807, 2.05) is 32.0 Å². The number of benzene rings is 1. The zero-order valence-corrected chi connectivity index (χ0v) is 16.5. The molecule has 1 aromatic carbocycles. The van der Waals surface area contributed by atoms with Gasteiger partial charge in [0.05, 0.1) is 13.7 Å². The van der Waals surface area contributed by atoms with E-state index >= 15 is 0 Å². The molecule has 0 aromatic heterocycles. The number of esters is 1. The number of hydrogen-bond acceptors (Lipinski definition) is 4. The maximum Gasteiger partial charge on any atom is 0.328 e. The molecule has 1 heterocycles. The normalized spacial score (nSPS) is 19.0. The highest BCUT2D eigenvalue weighted by atomic mass is 16.5. The summed E-state index contributed by atoms with van der Waals surface area (Å²) in [5.41, 5.74) is 2.19. The predicted octanol–water partition coefficient (Wildman–Crippen LogP) is 3.92. The molecular formula is C22H29NO4. The number of methoxy groups -OCH3 is 1. The smallest absolute Gasteiger partial charge is 0.328 e. The van der Waals surface area contributed by atoms with Crippen LogP contribution in [0.4, 0.5) is 0 Å². The number of nitrogens with zero attached hydrogens (tertiary/aromatic N) is 1. The molecule has 1 fully saturated rings. The molecule has 2 aliphatic rings. The zero-order valence-electron chi connectivity index (χ0n) is 16.5. The van der Waals surface area contributed by atoms with E-state index in [0.717, 1.165) is 29.7 Å². The fourth-order valence-electron chi connectivity index (χ4n) is 4.04. The second-order valence-electron chi connectivity index (χ2n) is 7.66. The molecule has 0 spiro atoms. The van der Waals surface area contributed by atoms with Crippen LogP contribution in [0.15, 0.2) is 30.0 Å². The molecule has 3 rings (SSSR count). The Bertz CT molecular complexity index is 734. The second-order valence-corrected chi connectivity index (χ2v) is 7.66. The standard InChI is InChI=1S/C22H29NO4/c1-15-8-7-11-20(16(15)2)27-18-13-21(24)23(14-18)19(22(25)26-3)12-17-9-5-4-6-10-17/h7-8,11,13,17,19H,4-6,9-10,12,14H2,1-3H3/t19-/m0/s1. The zero-order chi connectivity index (χ0) is 19.4. The molecule has 27 heavy (non-hydrogen) atoms. The SMILES string of the molecule is COC(=O)[C@H](CC1CCCCC1)N1CC(Oc2cccc(C)c2C)=CC1=O. The van der Waals surface area contributed by atoms with E-state index in [-0.39, 0.29) is 11.9 Å². The van der Waals surface area contributed by atoms with Gasteiger partial charge in [-0.3, -0.25) is 4.79 Å². The summed E-state index contributed by atoms with van der Waals surface area (Å²) in [6.07, 6.45) is 8.07. The highest BCUT2D eigenvalue weighted by molar-refractivity contribution is 5.94. The summed E-state index contributed by atoms with van der Waals surface area (Å²) in [5, 5.41) is 0. The average molecular weight is 371 g/mol. The quantitative estimate of drug-likeness (QED) is 0.711. The Kier molecular flexibility index (Phi) is 6.19. The van der Waals surface area contributed by atoms with Crippen molar-refractivity contribution < 1.29 is 19.1 Å². The molecule has 5 heteroatoms. The van der Waals surface area contributed by atoms with Crippen LogP contribution < -0.4 is 4.74 Å². The minimum absolute atomic E-state index is 0.179. The van der Waals surface area contributed by atoms with Crippen LogP contribution in [0.1, 0.15) is 49.7 Å². The van der Waals surface area contributed by atoms with Crippen LogP contribution in [-0.2, 0) is 14.3 Å². The minimum atomic E-state index is -0.540. The molecule has 1 amide bonds. The molecular weight excluding hydrogens is 342 g/mol. The largest absolute Gasteiger partial charge is 0.467 e. The van der Waals surface area contributed by atoms with E-state index in [1.54, 1.807) is 4.90 Å². The third-order valence-electron chi connectivity index (χ3n) is 5.82. The van der Waals surface area contributed by atoms with Crippen LogP contribution in [0.5, 0.6) is 5.75 Å². The first-order chi connectivity index (χ1) is 13.0. The van der Waals surface area contributed by atoms with Gasteiger partial charge in [-0.2, -0.15) is 0 Å². The van der Waals surface area contributed by atoms with Crippen LogP contribution in [0.2, 0.25) is 0 Å². The summed E-state index contributed by atoms with van der Waals surface area (Å²) in [6.45, 7) is 4.33. The van der Waals surface area contributed by atoms with Crippen LogP contribution >= 0.6 is 0 Å². The van der Waals surface area contributed by atoms with Gasteiger partial charge in [0.1, 0.15) is 17.6 Å². The number of amides is 1. The molecule has 0 unspecified atom stereocenters. The molecule has 0 N–H and O–H groups in total. The van der Waals surface area contributed by atoms with Crippen molar-refractivity contribution in [1.82, 2.24) is 4.90 Å². The van der Waals surface area contributed by atoms with Crippen LogP contribution in [0, 0.1) is 19.8 Å². The lowest BCUT2D eigenvalue weighted by molar-refractivity contribution is -0.151. The number of rotatable bonds is 6. The summed E-state index contributed by atoms with van der Waals surface area (Å²) in [6, 6.07) is 5.32. The number of carbonyl (C=O) groups is 2. The summed E-state index contributed by atoms with van der Waals surface area (Å²) in [7, 11) is 1.39. The van der Waals surface area contributed by atoms with Crippen molar-refractivity contribution in [1.29, 1.82) is 0 Å². The Morgan fingerprint density at radius 1 is 1.22 bits per heavy atom. The van der Waals surface area contributed by atoms with Gasteiger partial charge in [-0.15, -0.1) is 0 Å². The molecule has 146 valence electrons. The number of carbonyl (C=O) groups excluding carboxylic acids is 2. The first-order valence-corrected chi connectivity index (χ1v) is 9.82. The number of ether oxygens (including phenoxy) is 2. The van der Waals surface area contributed by atoms with Crippen molar-refractivity contribution in [2.45, 2.75) is 58.4 Å². The Labute approximate surface area is 161 Å². The third kappa shape index (κ3) is 4.52. The molecule has 1 aliphatic heterocycles. The molecule has 5 nitrogen and oxygen atoms in total. The van der Waals surface area contributed by atoms with E-state index in [4.69, 9.17) is 9.47 Å². The Balaban J connectivity index is 1.71. The van der Waals surface area contributed by atoms with Gasteiger partial charge in [-0.1, -0.05) is 44.2 Å². The van der Waals surface area contributed by atoms with Crippen molar-refractivity contribution in [2.75, 3.05) is 13.7 Å². The third-order valence-corrected chi connectivity index (χ3v) is 5.82. The lowest BCUT2D eigenvalue weighted by Gasteiger charge is -2.30. The summed E-state index contributed by atoms with van der Waals surface area (Å²) in [4.78, 5) is 26.6. The van der Waals surface area contributed by atoms with Gasteiger partial charge in [0.15, 0.2) is 0 Å². The molecule has 0 bridgehead atoms. The van der Waals surface area contributed by atoms with Crippen molar-refractivity contribution in [3.05, 3.63) is 41.2 Å². The fourth-order valence-corrected chi connectivity index (χ4v) is 4.04. The molecule has 0 saturated heterocycles. The van der Waals surface area contributed by atoms with Gasteiger partial charge in [0.2, 0.25) is 0 Å². The van der Waals surface area contributed by atoms with Gasteiger partial charge >= 0.3 is 5.97 Å². The van der Waals surface area contributed by atoms with Crippen LogP contribution in [-0.4, -0.2) is 36.5 Å².